The van der Waals surface area contributed by atoms with Crippen LogP contribution in [-0.2, 0) is 9.53 Å². The second-order valence-corrected chi connectivity index (χ2v) is 6.30. The van der Waals surface area contributed by atoms with E-state index in [-0.39, 0.29) is 24.6 Å². The average Bonchev–Trinajstić information content (AvgIpc) is 3.02. The highest BCUT2D eigenvalue weighted by Gasteiger charge is 2.42. The molecule has 0 saturated carbocycles. The average molecular weight is 297 g/mol. The van der Waals surface area contributed by atoms with E-state index in [0.29, 0.717) is 6.42 Å². The van der Waals surface area contributed by atoms with Crippen molar-refractivity contribution < 1.29 is 19.4 Å². The molecule has 0 unspecified atom stereocenters. The smallest absolute Gasteiger partial charge is 0.408 e. The summed E-state index contributed by atoms with van der Waals surface area (Å²) in [5, 5.41) is 20.0. The van der Waals surface area contributed by atoms with E-state index in [1.165, 1.54) is 11.0 Å². The fourth-order valence-electron chi connectivity index (χ4n) is 2.16. The van der Waals surface area contributed by atoms with E-state index in [4.69, 9.17) is 4.74 Å². The van der Waals surface area contributed by atoms with E-state index in [2.05, 4.69) is 15.5 Å². The minimum Gasteiger partial charge on any atom is -0.465 e. The summed E-state index contributed by atoms with van der Waals surface area (Å²) in [5.41, 5.74) is -0.169. The molecule has 1 N–H and O–H groups in total. The van der Waals surface area contributed by atoms with E-state index in [0.717, 1.165) is 4.90 Å². The van der Waals surface area contributed by atoms with Gasteiger partial charge in [-0.15, -0.1) is 5.10 Å². The Morgan fingerprint density at radius 1 is 1.43 bits per heavy atom. The number of likely N-dealkylation sites (tertiary alicyclic amines) is 1. The predicted octanol–water partition coefficient (Wildman–Crippen LogP) is 0.556. The number of amides is 1. The molecule has 116 valence electrons. The molecule has 0 radical (unpaired) electrons. The third-order valence-corrected chi connectivity index (χ3v) is 3.18. The fourth-order valence-corrected chi connectivity index (χ4v) is 2.16. The molecule has 1 aliphatic heterocycles. The van der Waals surface area contributed by atoms with Gasteiger partial charge in [0.15, 0.2) is 0 Å². The van der Waals surface area contributed by atoms with Crippen molar-refractivity contribution in [2.45, 2.75) is 39.3 Å². The summed E-state index contributed by atoms with van der Waals surface area (Å²) in [5.74, 6) is -0.525. The number of rotatable bonds is 3. The number of carbonyl (C=O) groups is 2. The van der Waals surface area contributed by atoms with Crippen LogP contribution >= 0.6 is 0 Å². The first-order valence-electron chi connectivity index (χ1n) is 6.66. The highest BCUT2D eigenvalue weighted by Crippen LogP contribution is 2.28. The molecule has 1 aromatic heterocycles. The maximum absolute atomic E-state index is 12.1. The van der Waals surface area contributed by atoms with Crippen LogP contribution in [0.4, 0.5) is 4.79 Å². The molecule has 0 aromatic carbocycles. The monoisotopic (exact) mass is 297 g/mol. The Morgan fingerprint density at radius 3 is 2.67 bits per heavy atom. The molecule has 2 heterocycles. The molecule has 9 heteroatoms. The van der Waals surface area contributed by atoms with Gasteiger partial charge in [0.2, 0.25) is 0 Å². The Balaban J connectivity index is 2.06. The Kier molecular flexibility index (Phi) is 4.10. The molecule has 1 aliphatic rings. The largest absolute Gasteiger partial charge is 0.465 e. The summed E-state index contributed by atoms with van der Waals surface area (Å²) in [7, 11) is 0. The topological polar surface area (TPSA) is 110 Å². The minimum atomic E-state index is -1.15. The summed E-state index contributed by atoms with van der Waals surface area (Å²) in [4.78, 5) is 24.5. The quantitative estimate of drug-likeness (QED) is 0.811. The number of hydrogen-bond acceptors (Lipinski definition) is 6. The van der Waals surface area contributed by atoms with Crippen LogP contribution in [-0.4, -0.2) is 61.5 Å². The first-order chi connectivity index (χ1) is 9.78. The highest BCUT2D eigenvalue weighted by molar-refractivity contribution is 5.81. The summed E-state index contributed by atoms with van der Waals surface area (Å²) >= 11 is 0. The normalized spacial score (nSPS) is 22.3. The van der Waals surface area contributed by atoms with Gasteiger partial charge in [-0.3, -0.25) is 4.90 Å². The Bertz CT molecular complexity index is 510. The van der Waals surface area contributed by atoms with Crippen molar-refractivity contribution in [1.29, 1.82) is 0 Å². The molecule has 1 amide bonds. The number of ether oxygens (including phenoxy) is 1. The maximum Gasteiger partial charge on any atom is 0.408 e. The van der Waals surface area contributed by atoms with Gasteiger partial charge in [-0.2, -0.15) is 0 Å². The van der Waals surface area contributed by atoms with Crippen molar-refractivity contribution in [2.75, 3.05) is 13.2 Å². The summed E-state index contributed by atoms with van der Waals surface area (Å²) in [6.07, 6.45) is 0.566. The van der Waals surface area contributed by atoms with Crippen molar-refractivity contribution in [3.63, 3.8) is 0 Å². The van der Waals surface area contributed by atoms with Crippen molar-refractivity contribution in [1.82, 2.24) is 25.1 Å². The van der Waals surface area contributed by atoms with E-state index >= 15 is 0 Å². The van der Waals surface area contributed by atoms with Gasteiger partial charge in [-0.25, -0.2) is 14.3 Å². The molecular formula is C12H19N5O4. The number of aromatic nitrogens is 4. The molecule has 2 atom stereocenters. The van der Waals surface area contributed by atoms with E-state index in [1.807, 2.05) is 20.8 Å². The van der Waals surface area contributed by atoms with Crippen LogP contribution in [0.3, 0.4) is 0 Å². The van der Waals surface area contributed by atoms with Gasteiger partial charge in [-0.1, -0.05) is 20.8 Å². The first-order valence-corrected chi connectivity index (χ1v) is 6.66. The van der Waals surface area contributed by atoms with Crippen LogP contribution in [0.5, 0.6) is 0 Å². The van der Waals surface area contributed by atoms with Gasteiger partial charge in [0.05, 0.1) is 12.6 Å². The molecule has 1 fully saturated rings. The van der Waals surface area contributed by atoms with Crippen molar-refractivity contribution in [2.24, 2.45) is 5.41 Å². The molecule has 1 aromatic rings. The third kappa shape index (κ3) is 3.67. The molecule has 2 rings (SSSR count). The standard InChI is InChI=1S/C12H19N5O4/c1-12(2,3)6-21-10(18)9-4-8(5-16(9)11(19)20)17-7-13-14-15-17/h7-9H,4-6H2,1-3H3,(H,19,20)/t8-,9-/m0/s1. The summed E-state index contributed by atoms with van der Waals surface area (Å²) in [6, 6.07) is -1.08. The van der Waals surface area contributed by atoms with Gasteiger partial charge in [-0.05, 0) is 15.8 Å². The van der Waals surface area contributed by atoms with E-state index in [9.17, 15) is 14.7 Å². The van der Waals surface area contributed by atoms with Gasteiger partial charge in [0, 0.05) is 13.0 Å². The van der Waals surface area contributed by atoms with E-state index < -0.39 is 18.1 Å². The second-order valence-electron chi connectivity index (χ2n) is 6.30. The van der Waals surface area contributed by atoms with E-state index in [1.54, 1.807) is 0 Å². The molecule has 0 spiro atoms. The summed E-state index contributed by atoms with van der Waals surface area (Å²) < 4.78 is 6.70. The number of carboxylic acid groups (broad SMARTS) is 1. The van der Waals surface area contributed by atoms with Crippen molar-refractivity contribution in [3.8, 4) is 0 Å². The van der Waals surface area contributed by atoms with Crippen LogP contribution in [0.25, 0.3) is 0 Å². The number of nitrogens with zero attached hydrogens (tertiary/aromatic N) is 5. The Morgan fingerprint density at radius 2 is 2.14 bits per heavy atom. The molecule has 0 bridgehead atoms. The number of tetrazole rings is 1. The van der Waals surface area contributed by atoms with Gasteiger partial charge >= 0.3 is 12.1 Å². The SMILES string of the molecule is CC(C)(C)COC(=O)[C@@H]1C[C@H](n2cnnn2)CN1C(=O)O. The molecule has 21 heavy (non-hydrogen) atoms. The lowest BCUT2D eigenvalue weighted by Crippen LogP contribution is -2.41. The lowest BCUT2D eigenvalue weighted by molar-refractivity contribution is -0.151. The predicted molar refractivity (Wildman–Crippen MR) is 70.4 cm³/mol. The van der Waals surface area contributed by atoms with Crippen molar-refractivity contribution >= 4 is 12.1 Å². The first kappa shape index (κ1) is 15.2. The van der Waals surface area contributed by atoms with Crippen LogP contribution in [0.1, 0.15) is 33.2 Å². The minimum absolute atomic E-state index is 0.162. The third-order valence-electron chi connectivity index (χ3n) is 3.18. The van der Waals surface area contributed by atoms with Crippen LogP contribution in [0.2, 0.25) is 0 Å². The lowest BCUT2D eigenvalue weighted by atomic mass is 9.99. The zero-order valence-electron chi connectivity index (χ0n) is 12.3. The second kappa shape index (κ2) is 5.66. The molecule has 0 aliphatic carbocycles. The van der Waals surface area contributed by atoms with Gasteiger partial charge in [0.1, 0.15) is 12.4 Å². The maximum atomic E-state index is 12.1. The van der Waals surface area contributed by atoms with Crippen LogP contribution in [0, 0.1) is 5.41 Å². The molecule has 1 saturated heterocycles. The van der Waals surface area contributed by atoms with Gasteiger partial charge in [0.25, 0.3) is 0 Å². The Hall–Kier alpha value is -2.19. The highest BCUT2D eigenvalue weighted by atomic mass is 16.5. The van der Waals surface area contributed by atoms with Gasteiger partial charge < -0.3 is 9.84 Å². The molecular weight excluding hydrogens is 278 g/mol. The lowest BCUT2D eigenvalue weighted by Gasteiger charge is -2.23. The zero-order chi connectivity index (χ0) is 15.6. The van der Waals surface area contributed by atoms with Crippen LogP contribution in [0.15, 0.2) is 6.33 Å². The summed E-state index contributed by atoms with van der Waals surface area (Å²) in [6.45, 7) is 6.22. The van der Waals surface area contributed by atoms with Crippen molar-refractivity contribution in [3.05, 3.63) is 6.33 Å². The Labute approximate surface area is 121 Å². The number of esters is 1. The zero-order valence-corrected chi connectivity index (χ0v) is 12.3. The molecule has 9 nitrogen and oxygen atoms in total. The number of carbonyl (C=O) groups excluding carboxylic acids is 1. The number of hydrogen-bond donors (Lipinski definition) is 1. The fraction of sp³-hybridized carbons (Fsp3) is 0.750. The van der Waals surface area contributed by atoms with Crippen LogP contribution < -0.4 is 0 Å².